The number of carbonyl (C=O) groups excluding carboxylic acids is 2. The predicted molar refractivity (Wildman–Crippen MR) is 106 cm³/mol. The molecule has 4 rings (SSSR count). The van der Waals surface area contributed by atoms with Crippen molar-refractivity contribution in [3.63, 3.8) is 0 Å². The van der Waals surface area contributed by atoms with Crippen LogP contribution in [0.2, 0.25) is 5.02 Å². The summed E-state index contributed by atoms with van der Waals surface area (Å²) in [6.45, 7) is 1.57. The van der Waals surface area contributed by atoms with E-state index in [1.54, 1.807) is 31.2 Å². The molecule has 0 bridgehead atoms. The van der Waals surface area contributed by atoms with Crippen LogP contribution in [0, 0.1) is 0 Å². The van der Waals surface area contributed by atoms with Gasteiger partial charge in [0.2, 0.25) is 5.78 Å². The summed E-state index contributed by atoms with van der Waals surface area (Å²) in [7, 11) is 0. The lowest BCUT2D eigenvalue weighted by Gasteiger charge is -2.27. The van der Waals surface area contributed by atoms with Crippen LogP contribution in [0.1, 0.15) is 34.3 Å². The average Bonchev–Trinajstić information content (AvgIpc) is 2.71. The number of hydrogen-bond donors (Lipinski definition) is 0. The molecule has 0 saturated heterocycles. The fraction of sp³-hybridized carbons (Fsp3) is 0.130. The van der Waals surface area contributed by atoms with Crippen LogP contribution in [0.15, 0.2) is 72.8 Å². The number of ketones is 1. The quantitative estimate of drug-likeness (QED) is 0.441. The van der Waals surface area contributed by atoms with Gasteiger partial charge in [-0.25, -0.2) is 0 Å². The highest BCUT2D eigenvalue weighted by Gasteiger charge is 2.35. The largest absolute Gasteiger partial charge is 0.457 e. The van der Waals surface area contributed by atoms with Gasteiger partial charge in [-0.05, 0) is 31.2 Å². The van der Waals surface area contributed by atoms with Crippen molar-refractivity contribution in [3.05, 3.63) is 94.5 Å². The molecule has 0 aliphatic carbocycles. The van der Waals surface area contributed by atoms with Crippen molar-refractivity contribution in [1.29, 1.82) is 0 Å². The van der Waals surface area contributed by atoms with Crippen LogP contribution >= 0.6 is 11.6 Å². The van der Waals surface area contributed by atoms with Gasteiger partial charge in [-0.2, -0.15) is 0 Å². The number of benzene rings is 3. The maximum absolute atomic E-state index is 13.1. The van der Waals surface area contributed by atoms with E-state index in [-0.39, 0.29) is 5.78 Å². The summed E-state index contributed by atoms with van der Waals surface area (Å²) in [6.07, 6.45) is -0.937. The first kappa shape index (κ1) is 18.3. The number of rotatable bonds is 4. The SMILES string of the molecule is CC(OC(=O)C1c2ccccc2Oc2ccccc21)C(=O)c1cccc(Cl)c1. The molecule has 4 nitrogen and oxygen atoms in total. The van der Waals surface area contributed by atoms with Crippen molar-refractivity contribution in [1.82, 2.24) is 0 Å². The molecule has 28 heavy (non-hydrogen) atoms. The molecule has 3 aromatic rings. The van der Waals surface area contributed by atoms with E-state index in [2.05, 4.69) is 0 Å². The summed E-state index contributed by atoms with van der Waals surface area (Å²) in [5, 5.41) is 0.455. The molecule has 1 heterocycles. The first-order chi connectivity index (χ1) is 13.5. The first-order valence-corrected chi connectivity index (χ1v) is 9.28. The van der Waals surface area contributed by atoms with E-state index in [1.807, 2.05) is 48.5 Å². The zero-order valence-electron chi connectivity index (χ0n) is 15.1. The number of para-hydroxylation sites is 2. The number of carbonyl (C=O) groups is 2. The number of ether oxygens (including phenoxy) is 2. The van der Waals surface area contributed by atoms with E-state index in [1.165, 1.54) is 0 Å². The van der Waals surface area contributed by atoms with E-state index < -0.39 is 18.0 Å². The van der Waals surface area contributed by atoms with Crippen molar-refractivity contribution in [2.24, 2.45) is 0 Å². The Balaban J connectivity index is 1.62. The summed E-state index contributed by atoms with van der Waals surface area (Å²) in [4.78, 5) is 25.7. The minimum absolute atomic E-state index is 0.301. The van der Waals surface area contributed by atoms with E-state index in [0.29, 0.717) is 33.2 Å². The summed E-state index contributed by atoms with van der Waals surface area (Å²) in [5.74, 6) is -0.236. The highest BCUT2D eigenvalue weighted by atomic mass is 35.5. The fourth-order valence-electron chi connectivity index (χ4n) is 3.34. The molecule has 0 radical (unpaired) electrons. The minimum atomic E-state index is -0.937. The average molecular weight is 393 g/mol. The van der Waals surface area contributed by atoms with E-state index in [4.69, 9.17) is 21.1 Å². The molecule has 1 aliphatic heterocycles. The van der Waals surface area contributed by atoms with Crippen molar-refractivity contribution >= 4 is 23.4 Å². The summed E-state index contributed by atoms with van der Waals surface area (Å²) >= 11 is 5.96. The number of halogens is 1. The van der Waals surface area contributed by atoms with Crippen LogP contribution in [0.4, 0.5) is 0 Å². The van der Waals surface area contributed by atoms with Gasteiger partial charge in [-0.3, -0.25) is 9.59 Å². The lowest BCUT2D eigenvalue weighted by atomic mass is 9.88. The third-order valence-corrected chi connectivity index (χ3v) is 4.92. The number of Topliss-reactive ketones (excluding diaryl/α,β-unsaturated/α-hetero) is 1. The van der Waals surface area contributed by atoms with Crippen molar-refractivity contribution in [2.45, 2.75) is 18.9 Å². The Morgan fingerprint density at radius 1 is 0.929 bits per heavy atom. The Hall–Kier alpha value is -3.11. The van der Waals surface area contributed by atoms with Crippen LogP contribution in [-0.4, -0.2) is 17.9 Å². The third kappa shape index (κ3) is 3.39. The van der Waals surface area contributed by atoms with Gasteiger partial charge in [0.25, 0.3) is 0 Å². The van der Waals surface area contributed by atoms with Gasteiger partial charge in [0.1, 0.15) is 17.4 Å². The van der Waals surface area contributed by atoms with Crippen molar-refractivity contribution < 1.29 is 19.1 Å². The molecule has 0 saturated carbocycles. The van der Waals surface area contributed by atoms with Gasteiger partial charge in [0.15, 0.2) is 6.10 Å². The Morgan fingerprint density at radius 3 is 2.14 bits per heavy atom. The molecule has 0 amide bonds. The highest BCUT2D eigenvalue weighted by molar-refractivity contribution is 6.31. The monoisotopic (exact) mass is 392 g/mol. The molecule has 3 aromatic carbocycles. The summed E-state index contributed by atoms with van der Waals surface area (Å²) in [6, 6.07) is 21.3. The molecule has 1 unspecified atom stereocenters. The third-order valence-electron chi connectivity index (χ3n) is 4.69. The Morgan fingerprint density at radius 2 is 1.54 bits per heavy atom. The standard InChI is InChI=1S/C23H17ClO4/c1-14(22(25)15-7-6-8-16(24)13-15)27-23(26)21-17-9-2-4-11-19(17)28-20-12-5-3-10-18(20)21/h2-14,21H,1H3. The van der Waals surface area contributed by atoms with E-state index >= 15 is 0 Å². The minimum Gasteiger partial charge on any atom is -0.457 e. The van der Waals surface area contributed by atoms with Crippen LogP contribution in [0.3, 0.4) is 0 Å². The molecule has 1 atom stereocenters. The zero-order chi connectivity index (χ0) is 19.7. The summed E-state index contributed by atoms with van der Waals surface area (Å²) in [5.41, 5.74) is 1.84. The van der Waals surface area contributed by atoms with Gasteiger partial charge >= 0.3 is 5.97 Å². The van der Waals surface area contributed by atoms with Gasteiger partial charge in [-0.15, -0.1) is 0 Å². The molecular formula is C23H17ClO4. The van der Waals surface area contributed by atoms with Crippen LogP contribution in [0.25, 0.3) is 0 Å². The Labute approximate surface area is 167 Å². The highest BCUT2D eigenvalue weighted by Crippen LogP contribution is 2.44. The topological polar surface area (TPSA) is 52.6 Å². The molecule has 0 spiro atoms. The van der Waals surface area contributed by atoms with Gasteiger partial charge < -0.3 is 9.47 Å². The molecule has 1 aliphatic rings. The van der Waals surface area contributed by atoms with Crippen LogP contribution < -0.4 is 4.74 Å². The predicted octanol–water partition coefficient (Wildman–Crippen LogP) is 5.39. The molecule has 0 aromatic heterocycles. The van der Waals surface area contributed by atoms with Crippen molar-refractivity contribution in [3.8, 4) is 11.5 Å². The lowest BCUT2D eigenvalue weighted by molar-refractivity contribution is -0.147. The smallest absolute Gasteiger partial charge is 0.318 e. The molecule has 5 heteroatoms. The molecule has 0 N–H and O–H groups in total. The number of fused-ring (bicyclic) bond motifs is 2. The second kappa shape index (κ2) is 7.49. The fourth-order valence-corrected chi connectivity index (χ4v) is 3.53. The second-order valence-electron chi connectivity index (χ2n) is 6.56. The molecular weight excluding hydrogens is 376 g/mol. The van der Waals surface area contributed by atoms with E-state index in [9.17, 15) is 9.59 Å². The van der Waals surface area contributed by atoms with E-state index in [0.717, 1.165) is 0 Å². The Bertz CT molecular complexity index is 1010. The van der Waals surface area contributed by atoms with Crippen LogP contribution in [0.5, 0.6) is 11.5 Å². The first-order valence-electron chi connectivity index (χ1n) is 8.90. The summed E-state index contributed by atoms with van der Waals surface area (Å²) < 4.78 is 11.5. The van der Waals surface area contributed by atoms with Gasteiger partial charge in [0.05, 0.1) is 0 Å². The van der Waals surface area contributed by atoms with Crippen LogP contribution in [-0.2, 0) is 9.53 Å². The maximum atomic E-state index is 13.1. The molecule has 140 valence electrons. The second-order valence-corrected chi connectivity index (χ2v) is 7.00. The zero-order valence-corrected chi connectivity index (χ0v) is 15.8. The van der Waals surface area contributed by atoms with Gasteiger partial charge in [-0.1, -0.05) is 60.1 Å². The molecule has 0 fully saturated rings. The van der Waals surface area contributed by atoms with Crippen molar-refractivity contribution in [2.75, 3.05) is 0 Å². The maximum Gasteiger partial charge on any atom is 0.318 e. The lowest BCUT2D eigenvalue weighted by Crippen LogP contribution is -2.29. The Kier molecular flexibility index (Phi) is 4.88. The van der Waals surface area contributed by atoms with Gasteiger partial charge in [0, 0.05) is 21.7 Å². The normalized spacial score (nSPS) is 13.6. The number of hydrogen-bond acceptors (Lipinski definition) is 4. The number of esters is 1.